The van der Waals surface area contributed by atoms with E-state index in [1.165, 1.54) is 24.3 Å². The van der Waals surface area contributed by atoms with Gasteiger partial charge in [-0.15, -0.1) is 0 Å². The molecule has 0 aliphatic carbocycles. The molecular weight excluding hydrogens is 405 g/mol. The van der Waals surface area contributed by atoms with E-state index < -0.39 is 0 Å². The van der Waals surface area contributed by atoms with Crippen LogP contribution in [0.4, 0.5) is 10.2 Å². The number of carbonyl (C=O) groups excluding carboxylic acids is 1. The van der Waals surface area contributed by atoms with Gasteiger partial charge in [-0.2, -0.15) is 5.10 Å². The zero-order chi connectivity index (χ0) is 20.9. The van der Waals surface area contributed by atoms with Crippen LogP contribution in [0.5, 0.6) is 5.75 Å². The zero-order valence-corrected chi connectivity index (χ0v) is 16.5. The molecule has 0 spiro atoms. The molecular formula is C23H17ClFN3O2. The maximum absolute atomic E-state index is 13.0. The van der Waals surface area contributed by atoms with Gasteiger partial charge >= 0.3 is 0 Å². The van der Waals surface area contributed by atoms with Crippen LogP contribution in [0, 0.1) is 5.82 Å². The first-order valence-corrected chi connectivity index (χ1v) is 9.56. The summed E-state index contributed by atoms with van der Waals surface area (Å²) in [6.45, 7) is -0.224. The Kier molecular flexibility index (Phi) is 5.77. The first kappa shape index (κ1) is 19.7. The van der Waals surface area contributed by atoms with Crippen molar-refractivity contribution in [1.82, 2.24) is 9.78 Å². The third-order valence-corrected chi connectivity index (χ3v) is 4.52. The maximum atomic E-state index is 13.0. The summed E-state index contributed by atoms with van der Waals surface area (Å²) in [6.07, 6.45) is 0. The van der Waals surface area contributed by atoms with E-state index in [4.69, 9.17) is 16.3 Å². The Hall–Kier alpha value is -3.64. The normalized spacial score (nSPS) is 10.6. The van der Waals surface area contributed by atoms with Crippen molar-refractivity contribution in [2.24, 2.45) is 0 Å². The van der Waals surface area contributed by atoms with Gasteiger partial charge in [0.05, 0.1) is 11.4 Å². The van der Waals surface area contributed by atoms with Crippen molar-refractivity contribution in [1.29, 1.82) is 0 Å². The fraction of sp³-hybridized carbons (Fsp3) is 0.0435. The molecule has 0 unspecified atom stereocenters. The molecule has 1 amide bonds. The van der Waals surface area contributed by atoms with Crippen molar-refractivity contribution < 1.29 is 13.9 Å². The van der Waals surface area contributed by atoms with Gasteiger partial charge in [0.15, 0.2) is 6.61 Å². The second-order valence-electron chi connectivity index (χ2n) is 6.46. The van der Waals surface area contributed by atoms with Crippen LogP contribution in [0.15, 0.2) is 84.9 Å². The number of rotatable bonds is 6. The topological polar surface area (TPSA) is 56.1 Å². The molecule has 0 bridgehead atoms. The largest absolute Gasteiger partial charge is 0.484 e. The molecule has 5 nitrogen and oxygen atoms in total. The lowest BCUT2D eigenvalue weighted by Crippen LogP contribution is -2.21. The summed E-state index contributed by atoms with van der Waals surface area (Å²) in [5.41, 5.74) is 2.28. The Balaban J connectivity index is 1.57. The van der Waals surface area contributed by atoms with Crippen molar-refractivity contribution in [3.8, 4) is 22.7 Å². The van der Waals surface area contributed by atoms with E-state index in [0.29, 0.717) is 22.3 Å². The lowest BCUT2D eigenvalue weighted by atomic mass is 10.1. The lowest BCUT2D eigenvalue weighted by Gasteiger charge is -2.09. The van der Waals surface area contributed by atoms with Gasteiger partial charge in [0.25, 0.3) is 5.91 Å². The highest BCUT2D eigenvalue weighted by atomic mass is 35.5. The second-order valence-corrected chi connectivity index (χ2v) is 6.90. The predicted octanol–water partition coefficient (Wildman–Crippen LogP) is 5.35. The van der Waals surface area contributed by atoms with Crippen molar-refractivity contribution >= 4 is 23.3 Å². The maximum Gasteiger partial charge on any atom is 0.263 e. The fourth-order valence-electron chi connectivity index (χ4n) is 2.88. The number of amides is 1. The minimum Gasteiger partial charge on any atom is -0.484 e. The SMILES string of the molecule is O=C(COc1ccc(F)cc1)Nc1cc(-c2cccc(Cl)c2)nn1-c1ccccc1. The smallest absolute Gasteiger partial charge is 0.263 e. The van der Waals surface area contributed by atoms with E-state index in [9.17, 15) is 9.18 Å². The molecule has 0 atom stereocenters. The number of anilines is 1. The molecule has 0 fully saturated rings. The summed E-state index contributed by atoms with van der Waals surface area (Å²) >= 11 is 6.11. The minimum absolute atomic E-state index is 0.224. The molecule has 4 aromatic rings. The third kappa shape index (κ3) is 4.67. The zero-order valence-electron chi connectivity index (χ0n) is 15.8. The van der Waals surface area contributed by atoms with Crippen molar-refractivity contribution in [3.63, 3.8) is 0 Å². The van der Waals surface area contributed by atoms with Crippen LogP contribution < -0.4 is 10.1 Å². The van der Waals surface area contributed by atoms with Crippen molar-refractivity contribution in [2.45, 2.75) is 0 Å². The van der Waals surface area contributed by atoms with Gasteiger partial charge in [-0.3, -0.25) is 4.79 Å². The number of hydrogen-bond donors (Lipinski definition) is 1. The fourth-order valence-corrected chi connectivity index (χ4v) is 3.07. The number of para-hydroxylation sites is 1. The molecule has 150 valence electrons. The average Bonchev–Trinajstić information content (AvgIpc) is 3.18. The number of hydrogen-bond acceptors (Lipinski definition) is 3. The van der Waals surface area contributed by atoms with Gasteiger partial charge in [-0.1, -0.05) is 41.9 Å². The van der Waals surface area contributed by atoms with E-state index in [-0.39, 0.29) is 18.3 Å². The molecule has 1 aromatic heterocycles. The van der Waals surface area contributed by atoms with Crippen molar-refractivity contribution in [3.05, 3.63) is 95.8 Å². The monoisotopic (exact) mass is 421 g/mol. The first-order chi connectivity index (χ1) is 14.6. The molecule has 0 saturated heterocycles. The highest BCUT2D eigenvalue weighted by Gasteiger charge is 2.14. The van der Waals surface area contributed by atoms with Crippen molar-refractivity contribution in [2.75, 3.05) is 11.9 Å². The number of aromatic nitrogens is 2. The van der Waals surface area contributed by atoms with Crippen LogP contribution in [0.1, 0.15) is 0 Å². The van der Waals surface area contributed by atoms with Crippen LogP contribution >= 0.6 is 11.6 Å². The Morgan fingerprint density at radius 3 is 2.50 bits per heavy atom. The standard InChI is InChI=1S/C23H17ClFN3O2/c24-17-6-4-5-16(13-17)21-14-22(28(27-21)19-7-2-1-3-8-19)26-23(29)15-30-20-11-9-18(25)10-12-20/h1-14H,15H2,(H,26,29). The number of halogens is 2. The molecule has 4 rings (SSSR count). The molecule has 0 radical (unpaired) electrons. The predicted molar refractivity (Wildman–Crippen MR) is 115 cm³/mol. The average molecular weight is 422 g/mol. The number of nitrogens with one attached hydrogen (secondary N) is 1. The number of benzene rings is 3. The van der Waals surface area contributed by atoms with E-state index >= 15 is 0 Å². The third-order valence-electron chi connectivity index (χ3n) is 4.28. The Labute approximate surface area is 177 Å². The van der Waals surface area contributed by atoms with Crippen LogP contribution in [0.25, 0.3) is 16.9 Å². The summed E-state index contributed by atoms with van der Waals surface area (Å²) < 4.78 is 20.1. The highest BCUT2D eigenvalue weighted by molar-refractivity contribution is 6.30. The summed E-state index contributed by atoms with van der Waals surface area (Å²) in [4.78, 5) is 12.5. The van der Waals surface area contributed by atoms with Crippen LogP contribution in [0.2, 0.25) is 5.02 Å². The Bertz CT molecular complexity index is 1160. The van der Waals surface area contributed by atoms with E-state index in [1.54, 1.807) is 16.8 Å². The molecule has 30 heavy (non-hydrogen) atoms. The highest BCUT2D eigenvalue weighted by Crippen LogP contribution is 2.26. The van der Waals surface area contributed by atoms with Gasteiger partial charge in [0, 0.05) is 16.7 Å². The summed E-state index contributed by atoms with van der Waals surface area (Å²) in [5.74, 6) is 0.160. The van der Waals surface area contributed by atoms with Gasteiger partial charge in [0.1, 0.15) is 17.4 Å². The molecule has 7 heteroatoms. The summed E-state index contributed by atoms with van der Waals surface area (Å²) in [5, 5.41) is 8.06. The molecule has 1 heterocycles. The number of nitrogens with zero attached hydrogens (tertiary/aromatic N) is 2. The molecule has 3 aromatic carbocycles. The molecule has 0 aliphatic rings. The minimum atomic E-state index is -0.368. The summed E-state index contributed by atoms with van der Waals surface area (Å²) in [6, 6.07) is 24.0. The lowest BCUT2D eigenvalue weighted by molar-refractivity contribution is -0.118. The van der Waals surface area contributed by atoms with Gasteiger partial charge < -0.3 is 10.1 Å². The Morgan fingerprint density at radius 1 is 1.00 bits per heavy atom. The van der Waals surface area contributed by atoms with E-state index in [0.717, 1.165) is 11.3 Å². The van der Waals surface area contributed by atoms with E-state index in [1.807, 2.05) is 48.5 Å². The number of carbonyl (C=O) groups is 1. The van der Waals surface area contributed by atoms with Crippen LogP contribution in [-0.2, 0) is 4.79 Å². The second kappa shape index (κ2) is 8.80. The van der Waals surface area contributed by atoms with Gasteiger partial charge in [-0.05, 0) is 48.5 Å². The molecule has 1 N–H and O–H groups in total. The first-order valence-electron chi connectivity index (χ1n) is 9.18. The quantitative estimate of drug-likeness (QED) is 0.456. The number of ether oxygens (including phenoxy) is 1. The van der Waals surface area contributed by atoms with E-state index in [2.05, 4.69) is 10.4 Å². The molecule has 0 aliphatic heterocycles. The van der Waals surface area contributed by atoms with Crippen LogP contribution in [-0.4, -0.2) is 22.3 Å². The molecule has 0 saturated carbocycles. The van der Waals surface area contributed by atoms with Crippen LogP contribution in [0.3, 0.4) is 0 Å². The van der Waals surface area contributed by atoms with Gasteiger partial charge in [-0.25, -0.2) is 9.07 Å². The summed E-state index contributed by atoms with van der Waals surface area (Å²) in [7, 11) is 0. The Morgan fingerprint density at radius 2 is 1.77 bits per heavy atom. The van der Waals surface area contributed by atoms with Gasteiger partial charge in [0.2, 0.25) is 0 Å².